The monoisotopic (exact) mass is 195 g/mol. The van der Waals surface area contributed by atoms with Gasteiger partial charge in [-0.15, -0.1) is 0 Å². The zero-order chi connectivity index (χ0) is 9.97. The summed E-state index contributed by atoms with van der Waals surface area (Å²) < 4.78 is 7.62. The molecule has 4 nitrogen and oxygen atoms in total. The maximum atomic E-state index is 5.74. The van der Waals surface area contributed by atoms with Gasteiger partial charge in [0, 0.05) is 12.6 Å². The van der Waals surface area contributed by atoms with Gasteiger partial charge in [0.25, 0.3) is 0 Å². The Morgan fingerprint density at radius 3 is 3.00 bits per heavy atom. The van der Waals surface area contributed by atoms with Gasteiger partial charge < -0.3 is 10.1 Å². The average Bonchev–Trinajstić information content (AvgIpc) is 2.58. The van der Waals surface area contributed by atoms with E-state index in [4.69, 9.17) is 4.74 Å². The Kier molecular flexibility index (Phi) is 2.72. The summed E-state index contributed by atoms with van der Waals surface area (Å²) in [4.78, 5) is 0. The zero-order valence-corrected chi connectivity index (χ0v) is 8.73. The standard InChI is InChI=1S/C10H17N3O/c1-3-13-7-10(6-12-13)14-9-4-8(5-9)11-2/h6-9,11H,3-5H2,1-2H3. The first kappa shape index (κ1) is 9.52. The number of hydrogen-bond acceptors (Lipinski definition) is 3. The molecule has 0 spiro atoms. The quantitative estimate of drug-likeness (QED) is 0.780. The molecule has 0 aromatic carbocycles. The molecule has 1 aromatic rings. The van der Waals surface area contributed by atoms with Crippen LogP contribution in [0, 0.1) is 0 Å². The second kappa shape index (κ2) is 4.00. The van der Waals surface area contributed by atoms with E-state index in [1.165, 1.54) is 0 Å². The van der Waals surface area contributed by atoms with Crippen molar-refractivity contribution in [2.45, 2.75) is 38.5 Å². The van der Waals surface area contributed by atoms with Crippen LogP contribution < -0.4 is 10.1 Å². The van der Waals surface area contributed by atoms with Gasteiger partial charge >= 0.3 is 0 Å². The SMILES string of the molecule is CCn1cc(OC2CC(NC)C2)cn1. The molecule has 0 atom stereocenters. The highest BCUT2D eigenvalue weighted by atomic mass is 16.5. The second-order valence-electron chi connectivity index (χ2n) is 3.73. The number of rotatable bonds is 4. The van der Waals surface area contributed by atoms with Gasteiger partial charge in [-0.25, -0.2) is 0 Å². The molecular weight excluding hydrogens is 178 g/mol. The average molecular weight is 195 g/mol. The fourth-order valence-corrected chi connectivity index (χ4v) is 1.67. The van der Waals surface area contributed by atoms with E-state index < -0.39 is 0 Å². The van der Waals surface area contributed by atoms with Crippen molar-refractivity contribution in [3.8, 4) is 5.75 Å². The molecular formula is C10H17N3O. The fourth-order valence-electron chi connectivity index (χ4n) is 1.67. The molecule has 1 N–H and O–H groups in total. The van der Waals surface area contributed by atoms with E-state index in [1.54, 1.807) is 6.20 Å². The molecule has 1 fully saturated rings. The van der Waals surface area contributed by atoms with Crippen LogP contribution in [0.1, 0.15) is 19.8 Å². The van der Waals surface area contributed by atoms with Crippen molar-refractivity contribution in [3.05, 3.63) is 12.4 Å². The Hall–Kier alpha value is -1.03. The number of aryl methyl sites for hydroxylation is 1. The van der Waals surface area contributed by atoms with Crippen molar-refractivity contribution < 1.29 is 4.74 Å². The lowest BCUT2D eigenvalue weighted by Crippen LogP contribution is -2.45. The first-order valence-corrected chi connectivity index (χ1v) is 5.18. The Balaban J connectivity index is 1.81. The van der Waals surface area contributed by atoms with Crippen molar-refractivity contribution in [1.29, 1.82) is 0 Å². The summed E-state index contributed by atoms with van der Waals surface area (Å²) in [5.74, 6) is 0.895. The Morgan fingerprint density at radius 1 is 1.64 bits per heavy atom. The molecule has 1 aliphatic rings. The molecule has 1 aliphatic carbocycles. The number of nitrogens with zero attached hydrogens (tertiary/aromatic N) is 2. The molecule has 14 heavy (non-hydrogen) atoms. The van der Waals surface area contributed by atoms with Crippen LogP contribution in [0.4, 0.5) is 0 Å². The summed E-state index contributed by atoms with van der Waals surface area (Å²) in [6.45, 7) is 2.96. The first-order valence-electron chi connectivity index (χ1n) is 5.18. The molecule has 0 saturated heterocycles. The molecule has 4 heteroatoms. The summed E-state index contributed by atoms with van der Waals surface area (Å²) in [6.07, 6.45) is 6.33. The van der Waals surface area contributed by atoms with Crippen LogP contribution in [0.25, 0.3) is 0 Å². The number of aromatic nitrogens is 2. The van der Waals surface area contributed by atoms with E-state index >= 15 is 0 Å². The summed E-state index contributed by atoms with van der Waals surface area (Å²) in [6, 6.07) is 0.640. The molecule has 1 saturated carbocycles. The molecule has 0 radical (unpaired) electrons. The van der Waals surface area contributed by atoms with Crippen molar-refractivity contribution >= 4 is 0 Å². The second-order valence-corrected chi connectivity index (χ2v) is 3.73. The van der Waals surface area contributed by atoms with Gasteiger partial charge in [0.05, 0.1) is 12.4 Å². The van der Waals surface area contributed by atoms with E-state index in [0.717, 1.165) is 25.1 Å². The van der Waals surface area contributed by atoms with Crippen molar-refractivity contribution in [1.82, 2.24) is 15.1 Å². The predicted octanol–water partition coefficient (Wildman–Crippen LogP) is 1.03. The highest BCUT2D eigenvalue weighted by Crippen LogP contribution is 2.25. The van der Waals surface area contributed by atoms with E-state index in [1.807, 2.05) is 17.9 Å². The van der Waals surface area contributed by atoms with Gasteiger partial charge in [0.2, 0.25) is 0 Å². The lowest BCUT2D eigenvalue weighted by molar-refractivity contribution is 0.0884. The number of hydrogen-bond donors (Lipinski definition) is 1. The molecule has 2 rings (SSSR count). The van der Waals surface area contributed by atoms with Crippen LogP contribution in [-0.4, -0.2) is 29.0 Å². The van der Waals surface area contributed by atoms with E-state index in [9.17, 15) is 0 Å². The Labute approximate surface area is 84.3 Å². The van der Waals surface area contributed by atoms with E-state index in [2.05, 4.69) is 17.3 Å². The molecule has 78 valence electrons. The Morgan fingerprint density at radius 2 is 2.43 bits per heavy atom. The van der Waals surface area contributed by atoms with Gasteiger partial charge in [0.15, 0.2) is 5.75 Å². The summed E-state index contributed by atoms with van der Waals surface area (Å²) >= 11 is 0. The van der Waals surface area contributed by atoms with E-state index in [0.29, 0.717) is 12.1 Å². The lowest BCUT2D eigenvalue weighted by Gasteiger charge is -2.34. The van der Waals surface area contributed by atoms with Crippen molar-refractivity contribution in [2.75, 3.05) is 7.05 Å². The van der Waals surface area contributed by atoms with Gasteiger partial charge in [-0.1, -0.05) is 0 Å². The van der Waals surface area contributed by atoms with Gasteiger partial charge in [-0.05, 0) is 26.8 Å². The topological polar surface area (TPSA) is 39.1 Å². The summed E-state index contributed by atoms with van der Waals surface area (Å²) in [5, 5.41) is 7.39. The molecule has 0 amide bonds. The highest BCUT2D eigenvalue weighted by Gasteiger charge is 2.29. The van der Waals surface area contributed by atoms with Crippen LogP contribution >= 0.6 is 0 Å². The van der Waals surface area contributed by atoms with Gasteiger partial charge in [-0.2, -0.15) is 5.10 Å². The third kappa shape index (κ3) is 1.90. The smallest absolute Gasteiger partial charge is 0.157 e. The third-order valence-corrected chi connectivity index (χ3v) is 2.74. The lowest BCUT2D eigenvalue weighted by atomic mass is 9.89. The Bertz CT molecular complexity index is 291. The van der Waals surface area contributed by atoms with Crippen LogP contribution in [0.3, 0.4) is 0 Å². The maximum absolute atomic E-state index is 5.74. The van der Waals surface area contributed by atoms with Crippen molar-refractivity contribution in [2.24, 2.45) is 0 Å². The predicted molar refractivity (Wildman–Crippen MR) is 54.4 cm³/mol. The van der Waals surface area contributed by atoms with Gasteiger partial charge in [0.1, 0.15) is 6.10 Å². The summed E-state index contributed by atoms with van der Waals surface area (Å²) in [5.41, 5.74) is 0. The van der Waals surface area contributed by atoms with Crippen LogP contribution in [0.15, 0.2) is 12.4 Å². The first-order chi connectivity index (χ1) is 6.81. The highest BCUT2D eigenvalue weighted by molar-refractivity contribution is 5.13. The maximum Gasteiger partial charge on any atom is 0.157 e. The largest absolute Gasteiger partial charge is 0.487 e. The minimum absolute atomic E-state index is 0.377. The minimum atomic E-state index is 0.377. The third-order valence-electron chi connectivity index (χ3n) is 2.74. The zero-order valence-electron chi connectivity index (χ0n) is 8.73. The molecule has 1 heterocycles. The number of ether oxygens (including phenoxy) is 1. The molecule has 1 aromatic heterocycles. The summed E-state index contributed by atoms with van der Waals surface area (Å²) in [7, 11) is 2.00. The van der Waals surface area contributed by atoms with Crippen LogP contribution in [0.2, 0.25) is 0 Å². The molecule has 0 unspecified atom stereocenters. The van der Waals surface area contributed by atoms with Crippen LogP contribution in [0.5, 0.6) is 5.75 Å². The van der Waals surface area contributed by atoms with E-state index in [-0.39, 0.29) is 0 Å². The molecule has 0 bridgehead atoms. The number of nitrogens with one attached hydrogen (secondary N) is 1. The van der Waals surface area contributed by atoms with Crippen LogP contribution in [-0.2, 0) is 6.54 Å². The van der Waals surface area contributed by atoms with Crippen molar-refractivity contribution in [3.63, 3.8) is 0 Å². The minimum Gasteiger partial charge on any atom is -0.487 e. The fraction of sp³-hybridized carbons (Fsp3) is 0.700. The normalized spacial score (nSPS) is 25.9. The van der Waals surface area contributed by atoms with Gasteiger partial charge in [-0.3, -0.25) is 4.68 Å². The molecule has 0 aliphatic heterocycles.